The van der Waals surface area contributed by atoms with Gasteiger partial charge in [-0.15, -0.1) is 11.3 Å². The van der Waals surface area contributed by atoms with Crippen molar-refractivity contribution in [2.75, 3.05) is 25.1 Å². The summed E-state index contributed by atoms with van der Waals surface area (Å²) in [4.78, 5) is 14.5. The molecule has 4 rings (SSSR count). The highest BCUT2D eigenvalue weighted by Gasteiger charge is 2.21. The van der Waals surface area contributed by atoms with Crippen LogP contribution in [0.3, 0.4) is 0 Å². The van der Waals surface area contributed by atoms with Crippen molar-refractivity contribution in [2.45, 2.75) is 62.6 Å². The van der Waals surface area contributed by atoms with E-state index in [0.29, 0.717) is 5.82 Å². The summed E-state index contributed by atoms with van der Waals surface area (Å²) in [5.41, 5.74) is 7.77. The zero-order chi connectivity index (χ0) is 16.5. The number of nitrogens with two attached hydrogens (primary N) is 1. The zero-order valence-electron chi connectivity index (χ0n) is 14.4. The largest absolute Gasteiger partial charge is 0.383 e. The van der Waals surface area contributed by atoms with Crippen molar-refractivity contribution in [1.82, 2.24) is 14.9 Å². The molecule has 0 saturated carbocycles. The fourth-order valence-electron chi connectivity index (χ4n) is 4.04. The van der Waals surface area contributed by atoms with Gasteiger partial charge in [0.1, 0.15) is 10.6 Å². The summed E-state index contributed by atoms with van der Waals surface area (Å²) in [7, 11) is 2.24. The molecule has 1 saturated heterocycles. The van der Waals surface area contributed by atoms with Gasteiger partial charge in [-0.3, -0.25) is 0 Å². The van der Waals surface area contributed by atoms with Crippen molar-refractivity contribution in [1.29, 1.82) is 0 Å². The van der Waals surface area contributed by atoms with Crippen LogP contribution in [-0.4, -0.2) is 40.3 Å². The van der Waals surface area contributed by atoms with Gasteiger partial charge in [0.05, 0.1) is 5.39 Å². The van der Waals surface area contributed by atoms with E-state index in [9.17, 15) is 0 Å². The molecular formula is C18H26N4S2. The molecule has 130 valence electrons. The van der Waals surface area contributed by atoms with Crippen molar-refractivity contribution in [3.8, 4) is 0 Å². The Bertz CT molecular complexity index is 727. The van der Waals surface area contributed by atoms with Gasteiger partial charge in [0.15, 0.2) is 5.16 Å². The molecule has 1 atom stereocenters. The molecular weight excluding hydrogens is 336 g/mol. The minimum atomic E-state index is 0.694. The maximum Gasteiger partial charge on any atom is 0.190 e. The Balaban J connectivity index is 1.50. The molecule has 6 heteroatoms. The molecule has 3 heterocycles. The lowest BCUT2D eigenvalue weighted by Gasteiger charge is -2.18. The number of thiophene rings is 1. The topological polar surface area (TPSA) is 55.0 Å². The van der Waals surface area contributed by atoms with Crippen LogP contribution in [0, 0.1) is 0 Å². The van der Waals surface area contributed by atoms with Crippen molar-refractivity contribution in [2.24, 2.45) is 0 Å². The van der Waals surface area contributed by atoms with Gasteiger partial charge in [-0.05, 0) is 64.1 Å². The molecule has 2 N–H and O–H groups in total. The van der Waals surface area contributed by atoms with Gasteiger partial charge < -0.3 is 10.6 Å². The molecule has 0 radical (unpaired) electrons. The number of nitrogen functional groups attached to an aromatic ring is 1. The normalized spacial score (nSPS) is 22.0. The molecule has 24 heavy (non-hydrogen) atoms. The summed E-state index contributed by atoms with van der Waals surface area (Å²) < 4.78 is 0. The molecule has 0 amide bonds. The number of hydrogen-bond acceptors (Lipinski definition) is 6. The van der Waals surface area contributed by atoms with Crippen LogP contribution in [0.15, 0.2) is 5.16 Å². The third kappa shape index (κ3) is 3.28. The third-order valence-electron chi connectivity index (χ3n) is 5.43. The molecule has 1 aliphatic carbocycles. The predicted octanol–water partition coefficient (Wildman–Crippen LogP) is 4.12. The average molecular weight is 363 g/mol. The number of likely N-dealkylation sites (tertiary alicyclic amines) is 1. The average Bonchev–Trinajstić information content (AvgIpc) is 3.04. The van der Waals surface area contributed by atoms with Crippen LogP contribution < -0.4 is 5.73 Å². The van der Waals surface area contributed by atoms with Crippen molar-refractivity contribution >= 4 is 39.1 Å². The maximum atomic E-state index is 6.33. The van der Waals surface area contributed by atoms with E-state index in [-0.39, 0.29) is 0 Å². The Morgan fingerprint density at radius 3 is 2.92 bits per heavy atom. The minimum Gasteiger partial charge on any atom is -0.383 e. The van der Waals surface area contributed by atoms with Crippen molar-refractivity contribution < 1.29 is 0 Å². The van der Waals surface area contributed by atoms with Crippen LogP contribution in [0.1, 0.15) is 49.0 Å². The summed E-state index contributed by atoms with van der Waals surface area (Å²) in [5, 5.41) is 2.01. The van der Waals surface area contributed by atoms with Crippen molar-refractivity contribution in [3.05, 3.63) is 10.4 Å². The number of aryl methyl sites for hydroxylation is 2. The summed E-state index contributed by atoms with van der Waals surface area (Å²) >= 11 is 3.61. The van der Waals surface area contributed by atoms with E-state index in [2.05, 4.69) is 16.9 Å². The van der Waals surface area contributed by atoms with Crippen LogP contribution in [0.25, 0.3) is 10.2 Å². The van der Waals surface area contributed by atoms with Gasteiger partial charge in [-0.25, -0.2) is 9.97 Å². The van der Waals surface area contributed by atoms with Gasteiger partial charge in [0, 0.05) is 16.7 Å². The highest BCUT2D eigenvalue weighted by Crippen LogP contribution is 2.38. The summed E-state index contributed by atoms with van der Waals surface area (Å²) in [5.74, 6) is 1.77. The molecule has 1 fully saturated rings. The van der Waals surface area contributed by atoms with E-state index in [0.717, 1.165) is 33.6 Å². The number of thioether (sulfide) groups is 1. The second kappa shape index (κ2) is 7.18. The SMILES string of the molecule is CN1CCCC1CCSc1nc(N)c2c3c(sc2n1)CCCCC3. The van der Waals surface area contributed by atoms with Crippen molar-refractivity contribution in [3.63, 3.8) is 0 Å². The smallest absolute Gasteiger partial charge is 0.190 e. The molecule has 1 unspecified atom stereocenters. The number of nitrogens with zero attached hydrogens (tertiary/aromatic N) is 3. The van der Waals surface area contributed by atoms with E-state index < -0.39 is 0 Å². The fraction of sp³-hybridized carbons (Fsp3) is 0.667. The highest BCUT2D eigenvalue weighted by atomic mass is 32.2. The molecule has 2 aromatic rings. The summed E-state index contributed by atoms with van der Waals surface area (Å²) in [6, 6.07) is 0.733. The molecule has 0 aromatic carbocycles. The quantitative estimate of drug-likeness (QED) is 0.504. The van der Waals surface area contributed by atoms with E-state index in [4.69, 9.17) is 10.7 Å². The standard InChI is InChI=1S/C18H26N4S2/c1-22-10-5-6-12(22)9-11-23-18-20-16(19)15-13-7-3-2-4-8-14(13)24-17(15)21-18/h12H,2-11H2,1H3,(H2,19,20,21). The van der Waals surface area contributed by atoms with Gasteiger partial charge in [0.25, 0.3) is 0 Å². The molecule has 2 aromatic heterocycles. The Kier molecular flexibility index (Phi) is 4.97. The molecule has 1 aliphatic heterocycles. The highest BCUT2D eigenvalue weighted by molar-refractivity contribution is 7.99. The number of fused-ring (bicyclic) bond motifs is 3. The first kappa shape index (κ1) is 16.6. The van der Waals surface area contributed by atoms with Gasteiger partial charge in [0.2, 0.25) is 0 Å². The molecule has 4 nitrogen and oxygen atoms in total. The first-order valence-corrected chi connectivity index (χ1v) is 10.9. The lowest BCUT2D eigenvalue weighted by Crippen LogP contribution is -2.25. The monoisotopic (exact) mass is 362 g/mol. The fourth-order valence-corrected chi connectivity index (χ4v) is 6.25. The van der Waals surface area contributed by atoms with Crippen LogP contribution >= 0.6 is 23.1 Å². The Morgan fingerprint density at radius 1 is 1.21 bits per heavy atom. The van der Waals surface area contributed by atoms with Gasteiger partial charge in [-0.2, -0.15) is 0 Å². The first-order valence-electron chi connectivity index (χ1n) is 9.13. The first-order chi connectivity index (χ1) is 11.7. The summed E-state index contributed by atoms with van der Waals surface area (Å²) in [6.07, 6.45) is 10.1. The number of anilines is 1. The molecule has 2 aliphatic rings. The van der Waals surface area contributed by atoms with Gasteiger partial charge >= 0.3 is 0 Å². The maximum absolute atomic E-state index is 6.33. The lowest BCUT2D eigenvalue weighted by molar-refractivity contribution is 0.305. The zero-order valence-corrected chi connectivity index (χ0v) is 16.0. The Morgan fingerprint density at radius 2 is 2.08 bits per heavy atom. The molecule has 0 spiro atoms. The van der Waals surface area contributed by atoms with E-state index in [1.807, 2.05) is 11.3 Å². The van der Waals surface area contributed by atoms with E-state index in [1.165, 1.54) is 61.9 Å². The number of aromatic nitrogens is 2. The Hall–Kier alpha value is -0.850. The summed E-state index contributed by atoms with van der Waals surface area (Å²) in [6.45, 7) is 1.24. The third-order valence-corrected chi connectivity index (χ3v) is 7.49. The number of hydrogen-bond donors (Lipinski definition) is 1. The van der Waals surface area contributed by atoms with Gasteiger partial charge in [-0.1, -0.05) is 18.2 Å². The van der Waals surface area contributed by atoms with E-state index >= 15 is 0 Å². The second-order valence-electron chi connectivity index (χ2n) is 7.05. The van der Waals surface area contributed by atoms with Crippen LogP contribution in [0.5, 0.6) is 0 Å². The van der Waals surface area contributed by atoms with E-state index in [1.54, 1.807) is 11.8 Å². The van der Waals surface area contributed by atoms with Crippen LogP contribution in [0.2, 0.25) is 0 Å². The predicted molar refractivity (Wildman–Crippen MR) is 104 cm³/mol. The molecule has 0 bridgehead atoms. The van der Waals surface area contributed by atoms with Crippen LogP contribution in [0.4, 0.5) is 5.82 Å². The number of rotatable bonds is 4. The minimum absolute atomic E-state index is 0.694. The second-order valence-corrected chi connectivity index (χ2v) is 9.20. The van der Waals surface area contributed by atoms with Crippen LogP contribution in [-0.2, 0) is 12.8 Å². The Labute approximate surface area is 152 Å². The lowest BCUT2D eigenvalue weighted by atomic mass is 10.1.